The molecule has 72 valence electrons. The Morgan fingerprint density at radius 1 is 1.62 bits per heavy atom. The normalized spacial score (nSPS) is 11.7. The Morgan fingerprint density at radius 2 is 2.15 bits per heavy atom. The zero-order valence-electron chi connectivity index (χ0n) is 6.37. The van der Waals surface area contributed by atoms with Crippen LogP contribution in [0.15, 0.2) is 6.20 Å². The highest BCUT2D eigenvalue weighted by Gasteiger charge is 2.41. The van der Waals surface area contributed by atoms with Crippen molar-refractivity contribution in [2.24, 2.45) is 7.05 Å². The van der Waals surface area contributed by atoms with Crippen LogP contribution in [0.3, 0.4) is 0 Å². The molecule has 0 N–H and O–H groups in total. The van der Waals surface area contributed by atoms with Gasteiger partial charge in [0.2, 0.25) is 0 Å². The fourth-order valence-electron chi connectivity index (χ4n) is 0.834. The van der Waals surface area contributed by atoms with Crippen molar-refractivity contribution in [2.75, 3.05) is 0 Å². The molecule has 1 aromatic rings. The average Bonchev–Trinajstić information content (AvgIpc) is 2.28. The molecule has 1 heterocycles. The van der Waals surface area contributed by atoms with Gasteiger partial charge in [-0.05, 0) is 4.92 Å². The summed E-state index contributed by atoms with van der Waals surface area (Å²) in [7, 11) is 0.938. The van der Waals surface area contributed by atoms with Gasteiger partial charge in [0, 0.05) is 0 Å². The van der Waals surface area contributed by atoms with Crippen molar-refractivity contribution < 1.29 is 18.1 Å². The summed E-state index contributed by atoms with van der Waals surface area (Å²) in [6.07, 6.45) is -4.09. The molecule has 0 aromatic carbocycles. The number of hydrogen-bond acceptors (Lipinski definition) is 3. The van der Waals surface area contributed by atoms with Crippen LogP contribution in [-0.4, -0.2) is 14.5 Å². The van der Waals surface area contributed by atoms with E-state index in [9.17, 15) is 23.3 Å². The monoisotopic (exact) mass is 195 g/mol. The van der Waals surface area contributed by atoms with Gasteiger partial charge in [-0.2, -0.15) is 13.2 Å². The quantitative estimate of drug-likeness (QED) is 0.501. The molecule has 0 atom stereocenters. The van der Waals surface area contributed by atoms with Crippen LogP contribution in [0.2, 0.25) is 0 Å². The minimum atomic E-state index is -4.66. The molecule has 1 aromatic heterocycles. The summed E-state index contributed by atoms with van der Waals surface area (Å²) in [6, 6.07) is 0. The number of aromatic nitrogens is 2. The van der Waals surface area contributed by atoms with Gasteiger partial charge in [0.1, 0.15) is 6.20 Å². The van der Waals surface area contributed by atoms with Gasteiger partial charge >= 0.3 is 17.8 Å². The molecule has 1 rings (SSSR count). The van der Waals surface area contributed by atoms with Gasteiger partial charge < -0.3 is 10.1 Å². The van der Waals surface area contributed by atoms with Crippen LogP contribution in [0.4, 0.5) is 19.0 Å². The van der Waals surface area contributed by atoms with Crippen molar-refractivity contribution in [3.63, 3.8) is 0 Å². The van der Waals surface area contributed by atoms with Crippen LogP contribution in [-0.2, 0) is 13.2 Å². The van der Waals surface area contributed by atoms with E-state index in [0.717, 1.165) is 7.05 Å². The standard InChI is InChI=1S/C5H4F3N3O2/c1-10-3(11(12)13)2-9-4(10)5(6,7)8/h2H,1H3. The molecule has 0 amide bonds. The van der Waals surface area contributed by atoms with Crippen LogP contribution in [0.25, 0.3) is 0 Å². The maximum atomic E-state index is 12.0. The molecule has 0 aliphatic rings. The zero-order valence-corrected chi connectivity index (χ0v) is 6.37. The Balaban J connectivity index is 3.22. The molecule has 5 nitrogen and oxygen atoms in total. The van der Waals surface area contributed by atoms with Crippen molar-refractivity contribution in [3.8, 4) is 0 Å². The van der Waals surface area contributed by atoms with E-state index in [1.54, 1.807) is 0 Å². The number of halogens is 3. The molecule has 0 fully saturated rings. The number of alkyl halides is 3. The first-order chi connectivity index (χ1) is 5.84. The van der Waals surface area contributed by atoms with Crippen LogP contribution in [0.5, 0.6) is 0 Å². The maximum absolute atomic E-state index is 12.0. The second kappa shape index (κ2) is 2.71. The van der Waals surface area contributed by atoms with Crippen LogP contribution in [0.1, 0.15) is 5.82 Å². The van der Waals surface area contributed by atoms with Crippen LogP contribution in [0, 0.1) is 10.1 Å². The summed E-state index contributed by atoms with van der Waals surface area (Å²) >= 11 is 0. The Hall–Kier alpha value is -1.60. The third-order valence-corrected chi connectivity index (χ3v) is 1.40. The lowest BCUT2D eigenvalue weighted by Gasteiger charge is -2.01. The van der Waals surface area contributed by atoms with Crippen LogP contribution >= 0.6 is 0 Å². The van der Waals surface area contributed by atoms with E-state index in [1.165, 1.54) is 0 Å². The fourth-order valence-corrected chi connectivity index (χ4v) is 0.834. The van der Waals surface area contributed by atoms with E-state index in [-0.39, 0.29) is 0 Å². The molecule has 0 spiro atoms. The topological polar surface area (TPSA) is 61.0 Å². The predicted octanol–water partition coefficient (Wildman–Crippen LogP) is 1.35. The molecular weight excluding hydrogens is 191 g/mol. The second-order valence-electron chi connectivity index (χ2n) is 2.25. The van der Waals surface area contributed by atoms with E-state index in [4.69, 9.17) is 0 Å². The fraction of sp³-hybridized carbons (Fsp3) is 0.400. The van der Waals surface area contributed by atoms with Gasteiger partial charge in [-0.1, -0.05) is 0 Å². The average molecular weight is 195 g/mol. The highest BCUT2D eigenvalue weighted by molar-refractivity contribution is 5.19. The lowest BCUT2D eigenvalue weighted by molar-refractivity contribution is -0.392. The minimum absolute atomic E-state index is 0.389. The highest BCUT2D eigenvalue weighted by Crippen LogP contribution is 2.29. The SMILES string of the molecule is Cn1c([N+](=O)[O-])cnc1C(F)(F)F. The Labute approximate surface area is 69.9 Å². The molecule has 0 bridgehead atoms. The van der Waals surface area contributed by atoms with Crippen molar-refractivity contribution in [1.29, 1.82) is 0 Å². The number of imidazole rings is 1. The summed E-state index contributed by atoms with van der Waals surface area (Å²) in [5.74, 6) is -1.97. The summed E-state index contributed by atoms with van der Waals surface area (Å²) in [5, 5.41) is 10.1. The molecular formula is C5H4F3N3O2. The number of nitrogens with zero attached hydrogens (tertiary/aromatic N) is 3. The molecule has 0 radical (unpaired) electrons. The first kappa shape index (κ1) is 9.49. The van der Waals surface area contributed by atoms with Gasteiger partial charge in [0.15, 0.2) is 0 Å². The molecule has 8 heteroatoms. The van der Waals surface area contributed by atoms with Crippen molar-refractivity contribution in [3.05, 3.63) is 22.1 Å². The summed E-state index contributed by atoms with van der Waals surface area (Å²) < 4.78 is 36.4. The lowest BCUT2D eigenvalue weighted by Crippen LogP contribution is -2.13. The van der Waals surface area contributed by atoms with Gasteiger partial charge in [-0.25, -0.2) is 9.55 Å². The van der Waals surface area contributed by atoms with E-state index < -0.39 is 22.7 Å². The number of nitro groups is 1. The van der Waals surface area contributed by atoms with Gasteiger partial charge in [-0.3, -0.25) is 0 Å². The summed E-state index contributed by atoms with van der Waals surface area (Å²) in [4.78, 5) is 12.1. The molecule has 0 unspecified atom stereocenters. The highest BCUT2D eigenvalue weighted by atomic mass is 19.4. The first-order valence-corrected chi connectivity index (χ1v) is 3.07. The Bertz CT molecular complexity index is 343. The van der Waals surface area contributed by atoms with E-state index >= 15 is 0 Å². The van der Waals surface area contributed by atoms with Gasteiger partial charge in [0.25, 0.3) is 0 Å². The molecule has 0 aliphatic carbocycles. The second-order valence-corrected chi connectivity index (χ2v) is 2.25. The minimum Gasteiger partial charge on any atom is -0.358 e. The molecule has 0 saturated carbocycles. The van der Waals surface area contributed by atoms with E-state index in [2.05, 4.69) is 4.98 Å². The lowest BCUT2D eigenvalue weighted by atomic mass is 10.6. The maximum Gasteiger partial charge on any atom is 0.473 e. The smallest absolute Gasteiger partial charge is 0.358 e. The van der Waals surface area contributed by atoms with E-state index in [0.29, 0.717) is 10.8 Å². The first-order valence-electron chi connectivity index (χ1n) is 3.07. The van der Waals surface area contributed by atoms with Crippen molar-refractivity contribution >= 4 is 5.82 Å². The third-order valence-electron chi connectivity index (χ3n) is 1.40. The Morgan fingerprint density at radius 3 is 2.38 bits per heavy atom. The predicted molar refractivity (Wildman–Crippen MR) is 34.9 cm³/mol. The van der Waals surface area contributed by atoms with E-state index in [1.807, 2.05) is 0 Å². The molecule has 0 aliphatic heterocycles. The Kier molecular flexibility index (Phi) is 1.98. The van der Waals surface area contributed by atoms with Crippen molar-refractivity contribution in [1.82, 2.24) is 9.55 Å². The third kappa shape index (κ3) is 1.60. The molecule has 13 heavy (non-hydrogen) atoms. The largest absolute Gasteiger partial charge is 0.473 e. The van der Waals surface area contributed by atoms with Crippen LogP contribution < -0.4 is 0 Å². The molecule has 0 saturated heterocycles. The van der Waals surface area contributed by atoms with Gasteiger partial charge in [0.05, 0.1) is 7.05 Å². The summed E-state index contributed by atoms with van der Waals surface area (Å²) in [6.45, 7) is 0. The number of rotatable bonds is 1. The zero-order chi connectivity index (χ0) is 10.2. The van der Waals surface area contributed by atoms with Crippen molar-refractivity contribution in [2.45, 2.75) is 6.18 Å². The number of hydrogen-bond donors (Lipinski definition) is 0. The van der Waals surface area contributed by atoms with Gasteiger partial charge in [-0.15, -0.1) is 0 Å². The summed E-state index contributed by atoms with van der Waals surface area (Å²) in [5.41, 5.74) is 0.